The Morgan fingerprint density at radius 3 is 3.04 bits per heavy atom. The third kappa shape index (κ3) is 4.09. The van der Waals surface area contributed by atoms with Crippen molar-refractivity contribution in [3.05, 3.63) is 35.6 Å². The lowest BCUT2D eigenvalue weighted by molar-refractivity contribution is 0.152. The summed E-state index contributed by atoms with van der Waals surface area (Å²) >= 11 is 0. The molecule has 130 valence electrons. The fourth-order valence-electron chi connectivity index (χ4n) is 3.29. The summed E-state index contributed by atoms with van der Waals surface area (Å²) < 4.78 is 10.8. The highest BCUT2D eigenvalue weighted by Crippen LogP contribution is 2.30. The number of nitrogens with zero attached hydrogens (tertiary/aromatic N) is 1. The molecule has 0 aliphatic carbocycles. The third-order valence-corrected chi connectivity index (χ3v) is 4.51. The summed E-state index contributed by atoms with van der Waals surface area (Å²) in [6.45, 7) is 6.06. The topological polar surface area (TPSA) is 54.7 Å². The van der Waals surface area contributed by atoms with Crippen LogP contribution in [-0.2, 0) is 17.7 Å². The minimum Gasteiger partial charge on any atom is -0.461 e. The number of alkyl carbamates (subject to hydrolysis) is 1. The van der Waals surface area contributed by atoms with Crippen molar-refractivity contribution in [3.63, 3.8) is 0 Å². The summed E-state index contributed by atoms with van der Waals surface area (Å²) in [5.74, 6) is 1.16. The zero-order valence-corrected chi connectivity index (χ0v) is 14.3. The number of carbonyl (C=O) groups excluding carboxylic acids is 1. The first-order valence-electron chi connectivity index (χ1n) is 8.90. The molecule has 0 fully saturated rings. The van der Waals surface area contributed by atoms with Crippen molar-refractivity contribution < 1.29 is 13.9 Å². The minimum atomic E-state index is -0.312. The normalized spacial score (nSPS) is 14.5. The largest absolute Gasteiger partial charge is 0.461 e. The van der Waals surface area contributed by atoms with Gasteiger partial charge in [-0.15, -0.1) is 0 Å². The van der Waals surface area contributed by atoms with Crippen molar-refractivity contribution in [2.24, 2.45) is 0 Å². The summed E-state index contributed by atoms with van der Waals surface area (Å²) in [6, 6.07) is 8.31. The number of nitrogens with one attached hydrogen (secondary N) is 1. The molecule has 0 atom stereocenters. The van der Waals surface area contributed by atoms with Crippen molar-refractivity contribution in [2.75, 3.05) is 26.2 Å². The van der Waals surface area contributed by atoms with E-state index in [4.69, 9.17) is 9.15 Å². The smallest absolute Gasteiger partial charge is 0.407 e. The van der Waals surface area contributed by atoms with E-state index in [9.17, 15) is 4.79 Å². The first kappa shape index (κ1) is 16.8. The molecule has 1 N–H and O–H groups in total. The number of rotatable bonds is 7. The van der Waals surface area contributed by atoms with Gasteiger partial charge in [-0.3, -0.25) is 4.90 Å². The molecule has 1 aromatic heterocycles. The average Bonchev–Trinajstić information content (AvgIpc) is 2.96. The first-order valence-corrected chi connectivity index (χ1v) is 8.90. The Balaban J connectivity index is 1.40. The van der Waals surface area contributed by atoms with Gasteiger partial charge in [0.2, 0.25) is 0 Å². The molecule has 0 saturated carbocycles. The number of fused-ring (bicyclic) bond motifs is 3. The molecule has 0 unspecified atom stereocenters. The van der Waals surface area contributed by atoms with Crippen LogP contribution in [-0.4, -0.2) is 37.2 Å². The molecule has 1 aliphatic rings. The van der Waals surface area contributed by atoms with Crippen molar-refractivity contribution >= 4 is 17.1 Å². The zero-order valence-electron chi connectivity index (χ0n) is 14.3. The molecule has 0 spiro atoms. The lowest BCUT2D eigenvalue weighted by Gasteiger charge is -2.26. The van der Waals surface area contributed by atoms with E-state index in [1.165, 1.54) is 10.9 Å². The van der Waals surface area contributed by atoms with E-state index in [2.05, 4.69) is 28.4 Å². The fraction of sp³-hybridized carbons (Fsp3) is 0.526. The van der Waals surface area contributed by atoms with Crippen LogP contribution >= 0.6 is 0 Å². The number of ether oxygens (including phenoxy) is 1. The lowest BCUT2D eigenvalue weighted by Crippen LogP contribution is -2.31. The van der Waals surface area contributed by atoms with E-state index in [1.54, 1.807) is 0 Å². The Kier molecular flexibility index (Phi) is 5.75. The number of unbranched alkanes of at least 4 members (excludes halogenated alkanes) is 2. The average molecular weight is 330 g/mol. The summed E-state index contributed by atoms with van der Waals surface area (Å²) in [5.41, 5.74) is 2.37. The molecule has 0 saturated heterocycles. The number of carbonyl (C=O) groups is 1. The summed E-state index contributed by atoms with van der Waals surface area (Å²) in [6.07, 6.45) is 3.94. The molecule has 1 amide bonds. The van der Waals surface area contributed by atoms with Crippen LogP contribution in [0.1, 0.15) is 37.5 Å². The predicted molar refractivity (Wildman–Crippen MR) is 94.1 cm³/mol. The van der Waals surface area contributed by atoms with Crippen LogP contribution in [0.5, 0.6) is 0 Å². The van der Waals surface area contributed by atoms with Gasteiger partial charge in [0.05, 0.1) is 6.61 Å². The number of hydrogen-bond donors (Lipinski definition) is 1. The van der Waals surface area contributed by atoms with Gasteiger partial charge in [0.25, 0.3) is 0 Å². The molecule has 5 nitrogen and oxygen atoms in total. The highest BCUT2D eigenvalue weighted by atomic mass is 16.5. The van der Waals surface area contributed by atoms with Gasteiger partial charge in [-0.05, 0) is 32.4 Å². The summed E-state index contributed by atoms with van der Waals surface area (Å²) in [5, 5.41) is 4.02. The molecule has 0 bridgehead atoms. The van der Waals surface area contributed by atoms with Crippen LogP contribution < -0.4 is 5.32 Å². The van der Waals surface area contributed by atoms with Gasteiger partial charge in [0.15, 0.2) is 0 Å². The van der Waals surface area contributed by atoms with Gasteiger partial charge in [-0.25, -0.2) is 4.79 Å². The van der Waals surface area contributed by atoms with E-state index in [0.717, 1.165) is 56.7 Å². The third-order valence-electron chi connectivity index (χ3n) is 4.51. The van der Waals surface area contributed by atoms with Crippen molar-refractivity contribution in [3.8, 4) is 0 Å². The quantitative estimate of drug-likeness (QED) is 0.786. The highest BCUT2D eigenvalue weighted by Gasteiger charge is 2.21. The maximum Gasteiger partial charge on any atom is 0.407 e. The number of amides is 1. The zero-order chi connectivity index (χ0) is 16.8. The summed E-state index contributed by atoms with van der Waals surface area (Å²) in [4.78, 5) is 13.7. The molecule has 2 heterocycles. The SMILES string of the molecule is CCOC(=O)NCCCCCN1CCc2oc3ccccc3c2C1. The van der Waals surface area contributed by atoms with Gasteiger partial charge < -0.3 is 14.5 Å². The first-order chi connectivity index (χ1) is 11.8. The van der Waals surface area contributed by atoms with Crippen LogP contribution in [0.15, 0.2) is 28.7 Å². The number of para-hydroxylation sites is 1. The van der Waals surface area contributed by atoms with E-state index < -0.39 is 0 Å². The van der Waals surface area contributed by atoms with Crippen LogP contribution in [0.4, 0.5) is 4.79 Å². The number of furan rings is 1. The highest BCUT2D eigenvalue weighted by molar-refractivity contribution is 5.82. The van der Waals surface area contributed by atoms with E-state index >= 15 is 0 Å². The Labute approximate surface area is 143 Å². The minimum absolute atomic E-state index is 0.312. The van der Waals surface area contributed by atoms with Crippen LogP contribution in [0.2, 0.25) is 0 Å². The van der Waals surface area contributed by atoms with Crippen LogP contribution in [0.3, 0.4) is 0 Å². The maximum absolute atomic E-state index is 11.2. The van der Waals surface area contributed by atoms with Gasteiger partial charge >= 0.3 is 6.09 Å². The van der Waals surface area contributed by atoms with Crippen LogP contribution in [0, 0.1) is 0 Å². The van der Waals surface area contributed by atoms with E-state index in [0.29, 0.717) is 13.2 Å². The maximum atomic E-state index is 11.2. The monoisotopic (exact) mass is 330 g/mol. The Bertz CT molecular complexity index is 680. The molecule has 1 aliphatic heterocycles. The van der Waals surface area contributed by atoms with Crippen molar-refractivity contribution in [2.45, 2.75) is 39.2 Å². The molecular weight excluding hydrogens is 304 g/mol. The van der Waals surface area contributed by atoms with Crippen molar-refractivity contribution in [1.82, 2.24) is 10.2 Å². The summed E-state index contributed by atoms with van der Waals surface area (Å²) in [7, 11) is 0. The lowest BCUT2D eigenvalue weighted by atomic mass is 10.0. The molecule has 3 rings (SSSR count). The number of benzene rings is 1. The standard InChI is InChI=1S/C19H26N2O3/c1-2-23-19(22)20-11-6-3-7-12-21-13-10-18-16(14-21)15-8-4-5-9-17(15)24-18/h4-5,8-9H,2-3,6-7,10-14H2,1H3,(H,20,22). The second-order valence-corrected chi connectivity index (χ2v) is 6.23. The molecular formula is C19H26N2O3. The van der Waals surface area contributed by atoms with E-state index in [1.807, 2.05) is 13.0 Å². The molecule has 5 heteroatoms. The van der Waals surface area contributed by atoms with Gasteiger partial charge in [0.1, 0.15) is 11.3 Å². The van der Waals surface area contributed by atoms with Gasteiger partial charge in [-0.1, -0.05) is 24.6 Å². The Morgan fingerprint density at radius 1 is 1.29 bits per heavy atom. The molecule has 1 aromatic carbocycles. The molecule has 0 radical (unpaired) electrons. The van der Waals surface area contributed by atoms with Crippen LogP contribution in [0.25, 0.3) is 11.0 Å². The molecule has 2 aromatic rings. The predicted octanol–water partition coefficient (Wildman–Crippen LogP) is 3.71. The van der Waals surface area contributed by atoms with E-state index in [-0.39, 0.29) is 6.09 Å². The van der Waals surface area contributed by atoms with Gasteiger partial charge in [-0.2, -0.15) is 0 Å². The van der Waals surface area contributed by atoms with Crippen molar-refractivity contribution in [1.29, 1.82) is 0 Å². The Morgan fingerprint density at radius 2 is 2.17 bits per heavy atom. The molecule has 24 heavy (non-hydrogen) atoms. The van der Waals surface area contributed by atoms with Gasteiger partial charge in [0, 0.05) is 37.0 Å². The second-order valence-electron chi connectivity index (χ2n) is 6.23. The Hall–Kier alpha value is -2.01. The number of hydrogen-bond acceptors (Lipinski definition) is 4. The second kappa shape index (κ2) is 8.20. The fourth-order valence-corrected chi connectivity index (χ4v) is 3.29.